The summed E-state index contributed by atoms with van der Waals surface area (Å²) >= 11 is 0. The van der Waals surface area contributed by atoms with Crippen molar-refractivity contribution in [3.63, 3.8) is 0 Å². The molecular weight excluding hydrogens is 252 g/mol. The lowest BCUT2D eigenvalue weighted by Gasteiger charge is -2.04. The van der Waals surface area contributed by atoms with Crippen LogP contribution in [0.1, 0.15) is 16.1 Å². The molecule has 0 atom stereocenters. The predicted octanol–water partition coefficient (Wildman–Crippen LogP) is -1.12. The van der Waals surface area contributed by atoms with Gasteiger partial charge in [0.1, 0.15) is 18.3 Å². The molecule has 8 nitrogen and oxygen atoms in total. The lowest BCUT2D eigenvalue weighted by atomic mass is 10.2. The number of hydrogen-bond acceptors (Lipinski definition) is 5. The van der Waals surface area contributed by atoms with Crippen molar-refractivity contribution in [2.24, 2.45) is 0 Å². The van der Waals surface area contributed by atoms with Crippen LogP contribution in [0.25, 0.3) is 0 Å². The van der Waals surface area contributed by atoms with Crippen molar-refractivity contribution in [3.8, 4) is 6.07 Å². The van der Waals surface area contributed by atoms with Crippen molar-refractivity contribution in [1.82, 2.24) is 15.6 Å². The van der Waals surface area contributed by atoms with Gasteiger partial charge in [0.15, 0.2) is 0 Å². The maximum absolute atomic E-state index is 11.5. The van der Waals surface area contributed by atoms with Crippen LogP contribution < -0.4 is 10.6 Å². The number of aliphatic carboxylic acids is 1. The van der Waals surface area contributed by atoms with Crippen LogP contribution in [-0.2, 0) is 9.59 Å². The number of carboxylic acids is 1. The lowest BCUT2D eigenvalue weighted by Crippen LogP contribution is -2.39. The first-order chi connectivity index (χ1) is 9.02. The van der Waals surface area contributed by atoms with E-state index in [-0.39, 0.29) is 12.2 Å². The zero-order valence-corrected chi connectivity index (χ0v) is 9.71. The third kappa shape index (κ3) is 4.82. The highest BCUT2D eigenvalue weighted by Gasteiger charge is 2.09. The zero-order chi connectivity index (χ0) is 14.3. The molecule has 1 rings (SSSR count). The van der Waals surface area contributed by atoms with E-state index in [1.54, 1.807) is 0 Å². The van der Waals surface area contributed by atoms with Crippen molar-refractivity contribution >= 4 is 17.8 Å². The molecule has 0 saturated heterocycles. The molecule has 0 bridgehead atoms. The second kappa shape index (κ2) is 6.70. The summed E-state index contributed by atoms with van der Waals surface area (Å²) in [7, 11) is 0. The number of nitrogens with one attached hydrogen (secondary N) is 2. The number of nitrogens with zero attached hydrogens (tertiary/aromatic N) is 2. The second-order valence-electron chi connectivity index (χ2n) is 3.40. The molecule has 3 N–H and O–H groups in total. The van der Waals surface area contributed by atoms with Gasteiger partial charge in [-0.05, 0) is 12.1 Å². The van der Waals surface area contributed by atoms with E-state index in [1.807, 2.05) is 6.07 Å². The first-order valence-electron chi connectivity index (χ1n) is 5.15. The van der Waals surface area contributed by atoms with Crippen LogP contribution in [0.2, 0.25) is 0 Å². The Morgan fingerprint density at radius 2 is 2.00 bits per heavy atom. The van der Waals surface area contributed by atoms with Crippen LogP contribution in [-0.4, -0.2) is 41.0 Å². The molecule has 1 aromatic rings. The fourth-order valence-electron chi connectivity index (χ4n) is 1.08. The maximum Gasteiger partial charge on any atom is 0.322 e. The van der Waals surface area contributed by atoms with Crippen molar-refractivity contribution in [1.29, 1.82) is 5.26 Å². The van der Waals surface area contributed by atoms with E-state index in [1.165, 1.54) is 18.3 Å². The normalized spacial score (nSPS) is 9.21. The van der Waals surface area contributed by atoms with Gasteiger partial charge in [-0.3, -0.25) is 14.4 Å². The van der Waals surface area contributed by atoms with Gasteiger partial charge in [-0.2, -0.15) is 5.26 Å². The van der Waals surface area contributed by atoms with Crippen molar-refractivity contribution < 1.29 is 19.5 Å². The van der Waals surface area contributed by atoms with Crippen LogP contribution in [0.4, 0.5) is 0 Å². The predicted molar refractivity (Wildman–Crippen MR) is 61.9 cm³/mol. The average Bonchev–Trinajstić information content (AvgIpc) is 2.42. The van der Waals surface area contributed by atoms with E-state index in [0.29, 0.717) is 5.56 Å². The average molecular weight is 262 g/mol. The number of amides is 2. The number of carboxylic acid groups (broad SMARTS) is 1. The Kier molecular flexibility index (Phi) is 4.98. The molecule has 0 aliphatic heterocycles. The van der Waals surface area contributed by atoms with Crippen molar-refractivity contribution in [3.05, 3.63) is 29.6 Å². The third-order valence-electron chi connectivity index (χ3n) is 1.97. The minimum atomic E-state index is -1.17. The van der Waals surface area contributed by atoms with Crippen molar-refractivity contribution in [2.45, 2.75) is 0 Å². The van der Waals surface area contributed by atoms with Gasteiger partial charge < -0.3 is 15.7 Å². The Hall–Kier alpha value is -2.95. The SMILES string of the molecule is N#Cc1ccc(C(=O)NCC(=O)NCC(=O)O)nc1. The van der Waals surface area contributed by atoms with Crippen molar-refractivity contribution in [2.75, 3.05) is 13.1 Å². The van der Waals surface area contributed by atoms with Crippen LogP contribution in [0.3, 0.4) is 0 Å². The Morgan fingerprint density at radius 3 is 2.53 bits per heavy atom. The van der Waals surface area contributed by atoms with E-state index in [9.17, 15) is 14.4 Å². The molecule has 2 amide bonds. The molecule has 0 aliphatic carbocycles. The number of nitriles is 1. The molecule has 0 unspecified atom stereocenters. The Labute approximate surface area is 108 Å². The van der Waals surface area contributed by atoms with Gasteiger partial charge in [-0.1, -0.05) is 0 Å². The summed E-state index contributed by atoms with van der Waals surface area (Å²) in [5.41, 5.74) is 0.376. The maximum atomic E-state index is 11.5. The van der Waals surface area contributed by atoms with E-state index in [4.69, 9.17) is 10.4 Å². The Bertz CT molecular complexity index is 533. The zero-order valence-electron chi connectivity index (χ0n) is 9.71. The van der Waals surface area contributed by atoms with Crippen LogP contribution >= 0.6 is 0 Å². The molecule has 19 heavy (non-hydrogen) atoms. The lowest BCUT2D eigenvalue weighted by molar-refractivity contribution is -0.137. The molecule has 0 aliphatic rings. The first kappa shape index (κ1) is 14.1. The highest BCUT2D eigenvalue weighted by molar-refractivity contribution is 5.95. The Balaban J connectivity index is 2.44. The van der Waals surface area contributed by atoms with Gasteiger partial charge in [-0.15, -0.1) is 0 Å². The number of hydrogen-bond donors (Lipinski definition) is 3. The molecule has 1 aromatic heterocycles. The van der Waals surface area contributed by atoms with Gasteiger partial charge in [0.05, 0.1) is 12.1 Å². The molecule has 98 valence electrons. The first-order valence-corrected chi connectivity index (χ1v) is 5.15. The molecule has 0 radical (unpaired) electrons. The summed E-state index contributed by atoms with van der Waals surface area (Å²) < 4.78 is 0. The summed E-state index contributed by atoms with van der Waals surface area (Å²) in [4.78, 5) is 36.6. The molecule has 0 fully saturated rings. The van der Waals surface area contributed by atoms with Gasteiger partial charge >= 0.3 is 5.97 Å². The molecule has 1 heterocycles. The second-order valence-corrected chi connectivity index (χ2v) is 3.40. The molecule has 0 spiro atoms. The van der Waals surface area contributed by atoms with Gasteiger partial charge in [0.25, 0.3) is 5.91 Å². The van der Waals surface area contributed by atoms with Crippen LogP contribution in [0, 0.1) is 11.3 Å². The molecule has 0 saturated carbocycles. The van der Waals surface area contributed by atoms with Gasteiger partial charge in [0.2, 0.25) is 5.91 Å². The summed E-state index contributed by atoms with van der Waals surface area (Å²) in [6, 6.07) is 4.63. The van der Waals surface area contributed by atoms with Crippen LogP contribution in [0.5, 0.6) is 0 Å². The van der Waals surface area contributed by atoms with E-state index in [2.05, 4.69) is 15.6 Å². The van der Waals surface area contributed by atoms with E-state index < -0.39 is 24.3 Å². The summed E-state index contributed by atoms with van der Waals surface area (Å²) in [6.45, 7) is -0.863. The monoisotopic (exact) mass is 262 g/mol. The van der Waals surface area contributed by atoms with Crippen LogP contribution in [0.15, 0.2) is 18.3 Å². The molecular formula is C11H10N4O4. The largest absolute Gasteiger partial charge is 0.480 e. The topological polar surface area (TPSA) is 132 Å². The fraction of sp³-hybridized carbons (Fsp3) is 0.182. The smallest absolute Gasteiger partial charge is 0.322 e. The summed E-state index contributed by atoms with van der Waals surface area (Å²) in [5.74, 6) is -2.38. The summed E-state index contributed by atoms with van der Waals surface area (Å²) in [6.07, 6.45) is 1.24. The number of pyridine rings is 1. The molecule has 8 heteroatoms. The number of carbonyl (C=O) groups excluding carboxylic acids is 2. The standard InChI is InChI=1S/C11H10N4O4/c12-3-7-1-2-8(13-4-7)11(19)15-5-9(16)14-6-10(17)18/h1-2,4H,5-6H2,(H,14,16)(H,15,19)(H,17,18). The quantitative estimate of drug-likeness (QED) is 0.616. The van der Waals surface area contributed by atoms with Gasteiger partial charge in [0, 0.05) is 6.20 Å². The minimum Gasteiger partial charge on any atom is -0.480 e. The number of rotatable bonds is 5. The highest BCUT2D eigenvalue weighted by atomic mass is 16.4. The number of aromatic nitrogens is 1. The molecule has 0 aromatic carbocycles. The highest BCUT2D eigenvalue weighted by Crippen LogP contribution is 1.98. The Morgan fingerprint density at radius 1 is 1.26 bits per heavy atom. The minimum absolute atomic E-state index is 0.0602. The van der Waals surface area contributed by atoms with Gasteiger partial charge in [-0.25, -0.2) is 4.98 Å². The van der Waals surface area contributed by atoms with E-state index >= 15 is 0 Å². The summed E-state index contributed by atoms with van der Waals surface area (Å²) in [5, 5.41) is 21.2. The van der Waals surface area contributed by atoms with E-state index in [0.717, 1.165) is 0 Å². The third-order valence-corrected chi connectivity index (χ3v) is 1.97. The fourth-order valence-corrected chi connectivity index (χ4v) is 1.08. The number of carbonyl (C=O) groups is 3.